The average Bonchev–Trinajstić information content (AvgIpc) is 3.25. The number of piperidine rings is 1. The molecule has 2 heterocycles. The molecular weight excluding hydrogens is 428 g/mol. The maximum Gasteiger partial charge on any atom is 0.243 e. The number of nitriles is 1. The van der Waals surface area contributed by atoms with E-state index >= 15 is 0 Å². The summed E-state index contributed by atoms with van der Waals surface area (Å²) in [5.74, 6) is -0.353. The van der Waals surface area contributed by atoms with Gasteiger partial charge in [-0.05, 0) is 61.7 Å². The zero-order chi connectivity index (χ0) is 22.7. The van der Waals surface area contributed by atoms with Gasteiger partial charge in [-0.2, -0.15) is 9.57 Å². The van der Waals surface area contributed by atoms with E-state index in [1.54, 1.807) is 17.0 Å². The summed E-state index contributed by atoms with van der Waals surface area (Å²) in [6, 6.07) is 15.1. The van der Waals surface area contributed by atoms with Gasteiger partial charge in [-0.25, -0.2) is 8.42 Å². The molecule has 2 amide bonds. The van der Waals surface area contributed by atoms with E-state index < -0.39 is 10.0 Å². The predicted octanol–water partition coefficient (Wildman–Crippen LogP) is 2.72. The second kappa shape index (κ2) is 9.10. The molecule has 0 atom stereocenters. The van der Waals surface area contributed by atoms with Crippen molar-refractivity contribution in [3.63, 3.8) is 0 Å². The molecule has 2 aromatic carbocycles. The first-order valence-electron chi connectivity index (χ1n) is 10.6. The smallest absolute Gasteiger partial charge is 0.243 e. The fourth-order valence-electron chi connectivity index (χ4n) is 4.13. The number of hydrogen-bond donors (Lipinski definition) is 1. The molecule has 0 aromatic heterocycles. The Morgan fingerprint density at radius 3 is 2.41 bits per heavy atom. The number of carbonyl (C=O) groups excluding carboxylic acids is 2. The van der Waals surface area contributed by atoms with Gasteiger partial charge in [0.1, 0.15) is 0 Å². The van der Waals surface area contributed by atoms with Crippen molar-refractivity contribution in [2.45, 2.75) is 30.6 Å². The Morgan fingerprint density at radius 2 is 1.78 bits per heavy atom. The molecule has 2 aromatic rings. The van der Waals surface area contributed by atoms with E-state index in [4.69, 9.17) is 5.26 Å². The van der Waals surface area contributed by atoms with Gasteiger partial charge in [0, 0.05) is 43.3 Å². The molecule has 0 unspecified atom stereocenters. The number of amides is 2. The molecule has 0 bridgehead atoms. The van der Waals surface area contributed by atoms with Gasteiger partial charge in [-0.15, -0.1) is 0 Å². The highest BCUT2D eigenvalue weighted by Gasteiger charge is 2.32. The van der Waals surface area contributed by atoms with Crippen LogP contribution in [0.15, 0.2) is 53.4 Å². The van der Waals surface area contributed by atoms with Crippen molar-refractivity contribution in [3.8, 4) is 6.07 Å². The van der Waals surface area contributed by atoms with Crippen LogP contribution in [0.5, 0.6) is 0 Å². The summed E-state index contributed by atoms with van der Waals surface area (Å²) in [7, 11) is -3.66. The minimum Gasteiger partial charge on any atom is -0.326 e. The van der Waals surface area contributed by atoms with Gasteiger partial charge < -0.3 is 10.2 Å². The van der Waals surface area contributed by atoms with Crippen LogP contribution in [-0.4, -0.2) is 44.2 Å². The van der Waals surface area contributed by atoms with E-state index in [0.29, 0.717) is 37.1 Å². The summed E-state index contributed by atoms with van der Waals surface area (Å²) in [5.41, 5.74) is 1.80. The first kappa shape index (κ1) is 22.0. The van der Waals surface area contributed by atoms with E-state index in [9.17, 15) is 18.0 Å². The zero-order valence-corrected chi connectivity index (χ0v) is 18.3. The van der Waals surface area contributed by atoms with Gasteiger partial charge in [-0.1, -0.05) is 6.07 Å². The first-order valence-corrected chi connectivity index (χ1v) is 12.0. The molecule has 32 heavy (non-hydrogen) atoms. The predicted molar refractivity (Wildman–Crippen MR) is 119 cm³/mol. The quantitative estimate of drug-likeness (QED) is 0.750. The van der Waals surface area contributed by atoms with Crippen molar-refractivity contribution >= 4 is 33.2 Å². The normalized spacial score (nSPS) is 17.8. The monoisotopic (exact) mass is 452 g/mol. The van der Waals surface area contributed by atoms with E-state index in [2.05, 4.69) is 5.32 Å². The number of sulfonamides is 1. The number of nitrogens with one attached hydrogen (secondary N) is 1. The fourth-order valence-corrected chi connectivity index (χ4v) is 5.60. The Kier molecular flexibility index (Phi) is 6.26. The van der Waals surface area contributed by atoms with Crippen LogP contribution in [0.2, 0.25) is 0 Å². The Hall–Kier alpha value is -3.22. The van der Waals surface area contributed by atoms with Gasteiger partial charge in [0.25, 0.3) is 0 Å². The molecule has 166 valence electrons. The molecule has 2 saturated heterocycles. The summed E-state index contributed by atoms with van der Waals surface area (Å²) < 4.78 is 27.1. The summed E-state index contributed by atoms with van der Waals surface area (Å²) in [5, 5.41) is 11.8. The highest BCUT2D eigenvalue weighted by molar-refractivity contribution is 7.89. The highest BCUT2D eigenvalue weighted by atomic mass is 32.2. The number of carbonyl (C=O) groups is 2. The molecule has 0 saturated carbocycles. The van der Waals surface area contributed by atoms with Crippen LogP contribution in [0, 0.1) is 17.2 Å². The van der Waals surface area contributed by atoms with E-state index in [-0.39, 0.29) is 35.7 Å². The standard InChI is InChI=1S/C23H24N4O4S/c24-16-17-6-8-21(9-7-17)32(30,31)26-13-10-18(11-14-26)23(29)25-19-3-1-4-20(15-19)27-12-2-5-22(27)28/h1,3-4,6-9,15,18H,2,5,10-14H2,(H,25,29). The minimum atomic E-state index is -3.66. The molecule has 4 rings (SSSR count). The summed E-state index contributed by atoms with van der Waals surface area (Å²) >= 11 is 0. The van der Waals surface area contributed by atoms with Crippen LogP contribution in [-0.2, 0) is 19.6 Å². The highest BCUT2D eigenvalue weighted by Crippen LogP contribution is 2.27. The van der Waals surface area contributed by atoms with Crippen molar-refractivity contribution in [2.75, 3.05) is 29.9 Å². The topological polar surface area (TPSA) is 111 Å². The van der Waals surface area contributed by atoms with Crippen molar-refractivity contribution in [3.05, 3.63) is 54.1 Å². The van der Waals surface area contributed by atoms with Crippen LogP contribution >= 0.6 is 0 Å². The maximum atomic E-state index is 12.9. The lowest BCUT2D eigenvalue weighted by Gasteiger charge is -2.30. The molecule has 9 heteroatoms. The Balaban J connectivity index is 1.36. The first-order chi connectivity index (χ1) is 15.4. The molecular formula is C23H24N4O4S. The third-order valence-corrected chi connectivity index (χ3v) is 7.86. The third kappa shape index (κ3) is 4.52. The van der Waals surface area contributed by atoms with Crippen LogP contribution in [0.3, 0.4) is 0 Å². The van der Waals surface area contributed by atoms with Gasteiger partial charge in [-0.3, -0.25) is 9.59 Å². The number of nitrogens with zero attached hydrogens (tertiary/aromatic N) is 3. The van der Waals surface area contributed by atoms with Crippen molar-refractivity contribution in [2.24, 2.45) is 5.92 Å². The second-order valence-electron chi connectivity index (χ2n) is 8.00. The molecule has 2 aliphatic rings. The molecule has 2 aliphatic heterocycles. The average molecular weight is 453 g/mol. The summed E-state index contributed by atoms with van der Waals surface area (Å²) in [4.78, 5) is 26.6. The van der Waals surface area contributed by atoms with Crippen LogP contribution < -0.4 is 10.2 Å². The van der Waals surface area contributed by atoms with E-state index in [0.717, 1.165) is 12.1 Å². The van der Waals surface area contributed by atoms with Crippen molar-refractivity contribution in [1.82, 2.24) is 4.31 Å². The van der Waals surface area contributed by atoms with E-state index in [1.165, 1.54) is 28.6 Å². The molecule has 8 nitrogen and oxygen atoms in total. The fraction of sp³-hybridized carbons (Fsp3) is 0.348. The number of hydrogen-bond acceptors (Lipinski definition) is 5. The number of rotatable bonds is 5. The molecule has 0 aliphatic carbocycles. The van der Waals surface area contributed by atoms with E-state index in [1.807, 2.05) is 18.2 Å². The third-order valence-electron chi connectivity index (χ3n) is 5.94. The van der Waals surface area contributed by atoms with Crippen LogP contribution in [0.25, 0.3) is 0 Å². The summed E-state index contributed by atoms with van der Waals surface area (Å²) in [6.07, 6.45) is 2.22. The van der Waals surface area contributed by atoms with Gasteiger partial charge in [0.15, 0.2) is 0 Å². The molecule has 0 radical (unpaired) electrons. The second-order valence-corrected chi connectivity index (χ2v) is 9.94. The lowest BCUT2D eigenvalue weighted by molar-refractivity contribution is -0.121. The molecule has 2 fully saturated rings. The molecule has 0 spiro atoms. The Bertz CT molecular complexity index is 1160. The maximum absolute atomic E-state index is 12.9. The largest absolute Gasteiger partial charge is 0.326 e. The Labute approximate surface area is 187 Å². The van der Waals surface area contributed by atoms with Crippen LogP contribution in [0.1, 0.15) is 31.2 Å². The Morgan fingerprint density at radius 1 is 1.06 bits per heavy atom. The zero-order valence-electron chi connectivity index (χ0n) is 17.5. The van der Waals surface area contributed by atoms with Gasteiger partial charge in [0.05, 0.1) is 16.5 Å². The minimum absolute atomic E-state index is 0.0873. The lowest BCUT2D eigenvalue weighted by Crippen LogP contribution is -2.41. The number of anilines is 2. The van der Waals surface area contributed by atoms with Gasteiger partial charge >= 0.3 is 0 Å². The summed E-state index contributed by atoms with van der Waals surface area (Å²) in [6.45, 7) is 1.19. The molecule has 1 N–H and O–H groups in total. The number of benzene rings is 2. The van der Waals surface area contributed by atoms with Crippen LogP contribution in [0.4, 0.5) is 11.4 Å². The van der Waals surface area contributed by atoms with Crippen molar-refractivity contribution < 1.29 is 18.0 Å². The van der Waals surface area contributed by atoms with Gasteiger partial charge in [0.2, 0.25) is 21.8 Å². The SMILES string of the molecule is N#Cc1ccc(S(=O)(=O)N2CCC(C(=O)Nc3cccc(N4CCCC4=O)c3)CC2)cc1. The lowest BCUT2D eigenvalue weighted by atomic mass is 9.97. The van der Waals surface area contributed by atoms with Crippen molar-refractivity contribution in [1.29, 1.82) is 5.26 Å².